The van der Waals surface area contributed by atoms with Crippen LogP contribution in [0.1, 0.15) is 70.8 Å². The van der Waals surface area contributed by atoms with Gasteiger partial charge in [0.05, 0.1) is 6.04 Å². The number of aromatic nitrogens is 3. The van der Waals surface area contributed by atoms with Crippen LogP contribution in [0.3, 0.4) is 0 Å². The van der Waals surface area contributed by atoms with Gasteiger partial charge in [-0.15, -0.1) is 0 Å². The van der Waals surface area contributed by atoms with Gasteiger partial charge in [-0.2, -0.15) is 0 Å². The molecule has 3 aromatic rings. The van der Waals surface area contributed by atoms with Crippen molar-refractivity contribution < 1.29 is 0 Å². The van der Waals surface area contributed by atoms with E-state index in [0.29, 0.717) is 18.1 Å². The van der Waals surface area contributed by atoms with E-state index in [0.717, 1.165) is 75.4 Å². The molecule has 0 spiro atoms. The molecule has 2 aliphatic heterocycles. The van der Waals surface area contributed by atoms with Crippen LogP contribution in [0.25, 0.3) is 11.2 Å². The lowest BCUT2D eigenvalue weighted by molar-refractivity contribution is 0.110. The van der Waals surface area contributed by atoms with Crippen molar-refractivity contribution in [3.8, 4) is 0 Å². The lowest BCUT2D eigenvalue weighted by Gasteiger charge is -2.47. The Morgan fingerprint density at radius 1 is 0.974 bits per heavy atom. The Balaban J connectivity index is 1.42. The second-order valence-corrected chi connectivity index (χ2v) is 11.7. The second-order valence-electron chi connectivity index (χ2n) is 11.7. The van der Waals surface area contributed by atoms with Crippen molar-refractivity contribution in [3.63, 3.8) is 0 Å². The third-order valence-electron chi connectivity index (χ3n) is 8.89. The van der Waals surface area contributed by atoms with Gasteiger partial charge < -0.3 is 14.8 Å². The van der Waals surface area contributed by atoms with E-state index in [1.165, 1.54) is 11.4 Å². The number of anilines is 1. The van der Waals surface area contributed by atoms with Gasteiger partial charge in [0, 0.05) is 50.3 Å². The van der Waals surface area contributed by atoms with Gasteiger partial charge >= 0.3 is 0 Å². The smallest absolute Gasteiger partial charge is 0.162 e. The Bertz CT molecular complexity index is 1190. The number of hydrogen-bond donors (Lipinski definition) is 1. The summed E-state index contributed by atoms with van der Waals surface area (Å²) in [4.78, 5) is 18.0. The van der Waals surface area contributed by atoms with E-state index in [1.807, 2.05) is 0 Å². The molecular formula is C31H47N7. The van der Waals surface area contributed by atoms with Crippen molar-refractivity contribution in [2.45, 2.75) is 83.6 Å². The van der Waals surface area contributed by atoms with Crippen LogP contribution in [0.15, 0.2) is 42.5 Å². The first-order valence-corrected chi connectivity index (χ1v) is 14.7. The zero-order valence-corrected chi connectivity index (χ0v) is 24.3. The van der Waals surface area contributed by atoms with Crippen LogP contribution in [0, 0.1) is 0 Å². The van der Waals surface area contributed by atoms with E-state index < -0.39 is 0 Å². The van der Waals surface area contributed by atoms with Crippen LogP contribution in [-0.4, -0.2) is 76.7 Å². The van der Waals surface area contributed by atoms with E-state index in [9.17, 15) is 0 Å². The minimum absolute atomic E-state index is 0.0746. The average Bonchev–Trinajstić information content (AvgIpc) is 3.29. The van der Waals surface area contributed by atoms with Gasteiger partial charge in [0.1, 0.15) is 17.2 Å². The molecular weight excluding hydrogens is 470 g/mol. The SMILES string of the molecule is CCC[C@@H](c1nc2ccc(N3CCC(c4ccccc4)(N(C)C)CC3)nc2n1CC)N1C[C@@H](C)N[C@@H](C)C1. The van der Waals surface area contributed by atoms with Gasteiger partial charge in [-0.3, -0.25) is 9.80 Å². The lowest BCUT2D eigenvalue weighted by Crippen LogP contribution is -2.55. The van der Waals surface area contributed by atoms with Gasteiger partial charge in [0.25, 0.3) is 0 Å². The Hall–Kier alpha value is -2.48. The minimum Gasteiger partial charge on any atom is -0.356 e. The molecule has 2 saturated heterocycles. The summed E-state index contributed by atoms with van der Waals surface area (Å²) in [6, 6.07) is 16.7. The van der Waals surface area contributed by atoms with Crippen molar-refractivity contribution in [2.75, 3.05) is 45.2 Å². The fraction of sp³-hybridized carbons (Fsp3) is 0.613. The third kappa shape index (κ3) is 5.08. The second kappa shape index (κ2) is 11.3. The third-order valence-corrected chi connectivity index (χ3v) is 8.89. The number of benzene rings is 1. The number of nitrogens with zero attached hydrogens (tertiary/aromatic N) is 6. The van der Waals surface area contributed by atoms with Crippen LogP contribution in [-0.2, 0) is 12.1 Å². The number of imidazole rings is 1. The Kier molecular flexibility index (Phi) is 8.08. The van der Waals surface area contributed by atoms with Crippen LogP contribution >= 0.6 is 0 Å². The molecule has 3 atom stereocenters. The zero-order chi connectivity index (χ0) is 26.9. The highest BCUT2D eigenvalue weighted by atomic mass is 15.3. The molecule has 7 nitrogen and oxygen atoms in total. The number of piperidine rings is 1. The summed E-state index contributed by atoms with van der Waals surface area (Å²) in [6.45, 7) is 14.1. The van der Waals surface area contributed by atoms with E-state index in [-0.39, 0.29) is 5.54 Å². The van der Waals surface area contributed by atoms with Crippen LogP contribution in [0.2, 0.25) is 0 Å². The lowest BCUT2D eigenvalue weighted by atomic mass is 9.80. The molecule has 4 heterocycles. The van der Waals surface area contributed by atoms with E-state index >= 15 is 0 Å². The molecule has 2 aromatic heterocycles. The summed E-state index contributed by atoms with van der Waals surface area (Å²) >= 11 is 0. The minimum atomic E-state index is 0.0746. The normalized spacial score (nSPS) is 23.3. The number of pyridine rings is 1. The number of hydrogen-bond acceptors (Lipinski definition) is 6. The first-order chi connectivity index (χ1) is 18.4. The molecule has 2 fully saturated rings. The molecule has 0 aliphatic carbocycles. The molecule has 2 aliphatic rings. The van der Waals surface area contributed by atoms with Crippen LogP contribution < -0.4 is 10.2 Å². The highest BCUT2D eigenvalue weighted by Gasteiger charge is 2.38. The van der Waals surface area contributed by atoms with Crippen molar-refractivity contribution in [3.05, 3.63) is 53.9 Å². The van der Waals surface area contributed by atoms with Gasteiger partial charge in [-0.1, -0.05) is 43.7 Å². The predicted octanol–water partition coefficient (Wildman–Crippen LogP) is 5.03. The molecule has 206 valence electrons. The summed E-state index contributed by atoms with van der Waals surface area (Å²) < 4.78 is 2.38. The molecule has 7 heteroatoms. The summed E-state index contributed by atoms with van der Waals surface area (Å²) in [5, 5.41) is 3.69. The Labute approximate surface area is 229 Å². The number of nitrogens with one attached hydrogen (secondary N) is 1. The standard InChI is InChI=1S/C31H47N7/c1-7-12-27(37-21-23(3)32-24(4)22-37)30-33-26-15-16-28(34-29(26)38(30)8-2)36-19-17-31(18-20-36,35(5)6)25-13-10-9-11-14-25/h9-11,13-16,23-24,27,32H,7-8,12,17-22H2,1-6H3/t23-,24+,27-/m0/s1. The monoisotopic (exact) mass is 517 g/mol. The molecule has 5 rings (SSSR count). The van der Waals surface area contributed by atoms with Gasteiger partial charge in [-0.25, -0.2) is 9.97 Å². The number of aryl methyl sites for hydroxylation is 1. The van der Waals surface area contributed by atoms with E-state index in [4.69, 9.17) is 9.97 Å². The topological polar surface area (TPSA) is 52.5 Å². The molecule has 1 aromatic carbocycles. The van der Waals surface area contributed by atoms with Crippen molar-refractivity contribution in [1.29, 1.82) is 0 Å². The number of fused-ring (bicyclic) bond motifs is 1. The van der Waals surface area contributed by atoms with Crippen molar-refractivity contribution in [2.24, 2.45) is 0 Å². The zero-order valence-electron chi connectivity index (χ0n) is 24.3. The van der Waals surface area contributed by atoms with Crippen molar-refractivity contribution in [1.82, 2.24) is 29.7 Å². The fourth-order valence-electron chi connectivity index (χ4n) is 6.97. The molecule has 0 bridgehead atoms. The molecule has 38 heavy (non-hydrogen) atoms. The molecule has 0 unspecified atom stereocenters. The maximum absolute atomic E-state index is 5.26. The maximum atomic E-state index is 5.26. The van der Waals surface area contributed by atoms with Gasteiger partial charge in [-0.05, 0) is 71.8 Å². The van der Waals surface area contributed by atoms with E-state index in [2.05, 4.69) is 109 Å². The van der Waals surface area contributed by atoms with Crippen LogP contribution in [0.5, 0.6) is 0 Å². The molecule has 0 saturated carbocycles. The summed E-state index contributed by atoms with van der Waals surface area (Å²) in [5.74, 6) is 2.26. The van der Waals surface area contributed by atoms with Gasteiger partial charge in [0.15, 0.2) is 5.65 Å². The summed E-state index contributed by atoms with van der Waals surface area (Å²) in [5.41, 5.74) is 3.54. The summed E-state index contributed by atoms with van der Waals surface area (Å²) in [6.07, 6.45) is 4.43. The molecule has 0 amide bonds. The van der Waals surface area contributed by atoms with Crippen LogP contribution in [0.4, 0.5) is 5.82 Å². The van der Waals surface area contributed by atoms with E-state index in [1.54, 1.807) is 0 Å². The fourth-order valence-corrected chi connectivity index (χ4v) is 6.97. The molecule has 1 N–H and O–H groups in total. The highest BCUT2D eigenvalue weighted by molar-refractivity contribution is 5.74. The Morgan fingerprint density at radius 3 is 2.26 bits per heavy atom. The average molecular weight is 518 g/mol. The largest absolute Gasteiger partial charge is 0.356 e. The highest BCUT2D eigenvalue weighted by Crippen LogP contribution is 2.38. The Morgan fingerprint density at radius 2 is 1.66 bits per heavy atom. The predicted molar refractivity (Wildman–Crippen MR) is 158 cm³/mol. The number of piperazine rings is 1. The maximum Gasteiger partial charge on any atom is 0.162 e. The first-order valence-electron chi connectivity index (χ1n) is 14.7. The summed E-state index contributed by atoms with van der Waals surface area (Å²) in [7, 11) is 4.45. The first kappa shape index (κ1) is 27.1. The van der Waals surface area contributed by atoms with Gasteiger partial charge in [0.2, 0.25) is 0 Å². The van der Waals surface area contributed by atoms with Crippen molar-refractivity contribution >= 4 is 17.0 Å². The number of rotatable bonds is 8. The molecule has 0 radical (unpaired) electrons. The quantitative estimate of drug-likeness (QED) is 0.452.